The van der Waals surface area contributed by atoms with Crippen LogP contribution in [0.3, 0.4) is 0 Å². The molecule has 1 fully saturated rings. The molecule has 0 aromatic heterocycles. The van der Waals surface area contributed by atoms with Gasteiger partial charge in [-0.1, -0.05) is 30.5 Å². The van der Waals surface area contributed by atoms with Gasteiger partial charge in [0.25, 0.3) is 0 Å². The minimum Gasteiger partial charge on any atom is -0.396 e. The summed E-state index contributed by atoms with van der Waals surface area (Å²) in [7, 11) is 0. The summed E-state index contributed by atoms with van der Waals surface area (Å²) in [5.41, 5.74) is 1.23. The lowest BCUT2D eigenvalue weighted by atomic mass is 9.79. The first-order chi connectivity index (χ1) is 10.2. The van der Waals surface area contributed by atoms with Crippen molar-refractivity contribution in [2.24, 2.45) is 11.8 Å². The lowest BCUT2D eigenvalue weighted by molar-refractivity contribution is -0.118. The summed E-state index contributed by atoms with van der Waals surface area (Å²) in [5.74, 6) is 1.35. The fourth-order valence-corrected chi connectivity index (χ4v) is 3.60. The zero-order valence-corrected chi connectivity index (χ0v) is 13.5. The number of aliphatic hydroxyl groups is 1. The Morgan fingerprint density at radius 2 is 1.90 bits per heavy atom. The summed E-state index contributed by atoms with van der Waals surface area (Å²) >= 11 is 1.57. The summed E-state index contributed by atoms with van der Waals surface area (Å²) in [6.45, 7) is 3.01. The molecule has 1 aromatic carbocycles. The zero-order valence-electron chi connectivity index (χ0n) is 12.7. The van der Waals surface area contributed by atoms with Crippen LogP contribution in [0.5, 0.6) is 0 Å². The van der Waals surface area contributed by atoms with Crippen molar-refractivity contribution >= 4 is 17.7 Å². The predicted molar refractivity (Wildman–Crippen MR) is 87.4 cm³/mol. The third-order valence-electron chi connectivity index (χ3n) is 4.25. The highest BCUT2D eigenvalue weighted by Gasteiger charge is 2.24. The Hall–Kier alpha value is -1.00. The highest BCUT2D eigenvalue weighted by Crippen LogP contribution is 2.29. The SMILES string of the molecule is Cc1ccc(SCC(=O)NCC2CCCCC2CO)cc1. The quantitative estimate of drug-likeness (QED) is 0.794. The van der Waals surface area contributed by atoms with Gasteiger partial charge in [0.2, 0.25) is 5.91 Å². The Bertz CT molecular complexity index is 447. The van der Waals surface area contributed by atoms with E-state index in [1.807, 2.05) is 0 Å². The molecule has 0 spiro atoms. The number of hydrogen-bond acceptors (Lipinski definition) is 3. The van der Waals surface area contributed by atoms with Crippen molar-refractivity contribution in [3.8, 4) is 0 Å². The van der Waals surface area contributed by atoms with Crippen molar-refractivity contribution < 1.29 is 9.90 Å². The van der Waals surface area contributed by atoms with Crippen molar-refractivity contribution in [3.63, 3.8) is 0 Å². The molecule has 2 unspecified atom stereocenters. The second kappa shape index (κ2) is 8.44. The van der Waals surface area contributed by atoms with Gasteiger partial charge in [-0.2, -0.15) is 0 Å². The molecule has 1 amide bonds. The van der Waals surface area contributed by atoms with Crippen LogP contribution in [-0.2, 0) is 4.79 Å². The summed E-state index contributed by atoms with van der Waals surface area (Å²) in [6, 6.07) is 8.23. The second-order valence-corrected chi connectivity index (χ2v) is 6.94. The molecular formula is C17H25NO2S. The molecular weight excluding hydrogens is 282 g/mol. The number of amides is 1. The van der Waals surface area contributed by atoms with E-state index < -0.39 is 0 Å². The van der Waals surface area contributed by atoms with Gasteiger partial charge in [-0.3, -0.25) is 4.79 Å². The normalized spacial score (nSPS) is 22.0. The maximum Gasteiger partial charge on any atom is 0.230 e. The van der Waals surface area contributed by atoms with Crippen LogP contribution < -0.4 is 5.32 Å². The molecule has 0 heterocycles. The summed E-state index contributed by atoms with van der Waals surface area (Å²) in [4.78, 5) is 13.1. The van der Waals surface area contributed by atoms with Gasteiger partial charge in [0.1, 0.15) is 0 Å². The molecule has 1 saturated carbocycles. The van der Waals surface area contributed by atoms with Crippen LogP contribution >= 0.6 is 11.8 Å². The van der Waals surface area contributed by atoms with Gasteiger partial charge in [0.05, 0.1) is 5.75 Å². The Morgan fingerprint density at radius 1 is 1.24 bits per heavy atom. The van der Waals surface area contributed by atoms with Crippen molar-refractivity contribution in [1.29, 1.82) is 0 Å². The van der Waals surface area contributed by atoms with Crippen LogP contribution in [0.25, 0.3) is 0 Å². The van der Waals surface area contributed by atoms with Crippen LogP contribution in [0.1, 0.15) is 31.2 Å². The molecule has 21 heavy (non-hydrogen) atoms. The number of carbonyl (C=O) groups is 1. The average Bonchev–Trinajstić information content (AvgIpc) is 2.52. The molecule has 1 aromatic rings. The monoisotopic (exact) mass is 307 g/mol. The van der Waals surface area contributed by atoms with E-state index in [2.05, 4.69) is 36.5 Å². The molecule has 2 N–H and O–H groups in total. The molecule has 0 saturated heterocycles. The van der Waals surface area contributed by atoms with Gasteiger partial charge >= 0.3 is 0 Å². The summed E-state index contributed by atoms with van der Waals surface area (Å²) < 4.78 is 0. The maximum absolute atomic E-state index is 11.9. The molecule has 4 heteroatoms. The highest BCUT2D eigenvalue weighted by atomic mass is 32.2. The Morgan fingerprint density at radius 3 is 2.57 bits per heavy atom. The number of carbonyl (C=O) groups excluding carboxylic acids is 1. The first-order valence-corrected chi connectivity index (χ1v) is 8.74. The number of thioether (sulfide) groups is 1. The topological polar surface area (TPSA) is 49.3 Å². The lowest BCUT2D eigenvalue weighted by Crippen LogP contribution is -2.36. The number of rotatable bonds is 6. The smallest absolute Gasteiger partial charge is 0.230 e. The molecule has 1 aliphatic rings. The zero-order chi connectivity index (χ0) is 15.1. The third kappa shape index (κ3) is 5.36. The van der Waals surface area contributed by atoms with Crippen molar-refractivity contribution in [2.45, 2.75) is 37.5 Å². The largest absolute Gasteiger partial charge is 0.396 e. The number of nitrogens with one attached hydrogen (secondary N) is 1. The van der Waals surface area contributed by atoms with Gasteiger partial charge in [0, 0.05) is 18.0 Å². The van der Waals surface area contributed by atoms with E-state index in [1.165, 1.54) is 18.4 Å². The van der Waals surface area contributed by atoms with Gasteiger partial charge in [-0.15, -0.1) is 11.8 Å². The summed E-state index contributed by atoms with van der Waals surface area (Å²) in [6.07, 6.45) is 4.64. The predicted octanol–water partition coefficient (Wildman–Crippen LogP) is 3.00. The first-order valence-electron chi connectivity index (χ1n) is 7.76. The third-order valence-corrected chi connectivity index (χ3v) is 5.27. The van der Waals surface area contributed by atoms with Crippen molar-refractivity contribution in [3.05, 3.63) is 29.8 Å². The molecule has 116 valence electrons. The van der Waals surface area contributed by atoms with E-state index in [-0.39, 0.29) is 12.5 Å². The Kier molecular flexibility index (Phi) is 6.58. The minimum atomic E-state index is 0.0860. The minimum absolute atomic E-state index is 0.0860. The van der Waals surface area contributed by atoms with Crippen LogP contribution in [-0.4, -0.2) is 29.9 Å². The molecule has 0 radical (unpaired) electrons. The molecule has 2 atom stereocenters. The fourth-order valence-electron chi connectivity index (χ4n) is 2.87. The molecule has 3 nitrogen and oxygen atoms in total. The van der Waals surface area contributed by atoms with Gasteiger partial charge in [-0.25, -0.2) is 0 Å². The van der Waals surface area contributed by atoms with Gasteiger partial charge in [-0.05, 0) is 43.7 Å². The molecule has 0 bridgehead atoms. The van der Waals surface area contributed by atoms with Crippen LogP contribution in [0.15, 0.2) is 29.2 Å². The number of hydrogen-bond donors (Lipinski definition) is 2. The maximum atomic E-state index is 11.9. The number of aryl methyl sites for hydroxylation is 1. The average molecular weight is 307 g/mol. The highest BCUT2D eigenvalue weighted by molar-refractivity contribution is 8.00. The number of aliphatic hydroxyl groups excluding tert-OH is 1. The Labute approximate surface area is 131 Å². The second-order valence-electron chi connectivity index (χ2n) is 5.89. The summed E-state index contributed by atoms with van der Waals surface area (Å²) in [5, 5.41) is 12.4. The van der Waals surface area contributed by atoms with E-state index in [0.717, 1.165) is 17.7 Å². The molecule has 0 aliphatic heterocycles. The standard InChI is InChI=1S/C17H25NO2S/c1-13-6-8-16(9-7-13)21-12-17(20)18-10-14-4-2-3-5-15(14)11-19/h6-9,14-15,19H,2-5,10-12H2,1H3,(H,18,20). The van der Waals surface area contributed by atoms with Crippen LogP contribution in [0.2, 0.25) is 0 Å². The van der Waals surface area contributed by atoms with Gasteiger partial charge < -0.3 is 10.4 Å². The van der Waals surface area contributed by atoms with Crippen molar-refractivity contribution in [1.82, 2.24) is 5.32 Å². The van der Waals surface area contributed by atoms with Crippen molar-refractivity contribution in [2.75, 3.05) is 18.9 Å². The first kappa shape index (κ1) is 16.4. The van der Waals surface area contributed by atoms with E-state index >= 15 is 0 Å². The Balaban J connectivity index is 1.70. The van der Waals surface area contributed by atoms with E-state index in [9.17, 15) is 9.90 Å². The van der Waals surface area contributed by atoms with E-state index in [4.69, 9.17) is 0 Å². The van der Waals surface area contributed by atoms with Crippen LogP contribution in [0, 0.1) is 18.8 Å². The van der Waals surface area contributed by atoms with E-state index in [1.54, 1.807) is 11.8 Å². The molecule has 1 aliphatic carbocycles. The van der Waals surface area contributed by atoms with E-state index in [0.29, 0.717) is 24.1 Å². The van der Waals surface area contributed by atoms with Gasteiger partial charge in [0.15, 0.2) is 0 Å². The lowest BCUT2D eigenvalue weighted by Gasteiger charge is -2.30. The van der Waals surface area contributed by atoms with Crippen LogP contribution in [0.4, 0.5) is 0 Å². The molecule has 2 rings (SSSR count). The number of benzene rings is 1. The fraction of sp³-hybridized carbons (Fsp3) is 0.588.